The zero-order valence-corrected chi connectivity index (χ0v) is 18.5. The van der Waals surface area contributed by atoms with Gasteiger partial charge in [-0.25, -0.2) is 9.67 Å². The van der Waals surface area contributed by atoms with Crippen molar-refractivity contribution in [1.82, 2.24) is 29.9 Å². The molecule has 0 atom stereocenters. The van der Waals surface area contributed by atoms with E-state index in [0.29, 0.717) is 34.9 Å². The summed E-state index contributed by atoms with van der Waals surface area (Å²) in [6, 6.07) is 19.1. The number of rotatable bonds is 9. The van der Waals surface area contributed by atoms with Crippen molar-refractivity contribution >= 4 is 17.7 Å². The summed E-state index contributed by atoms with van der Waals surface area (Å²) in [6.07, 6.45) is 3.15. The normalized spacial score (nSPS) is 10.9. The van der Waals surface area contributed by atoms with Crippen LogP contribution in [0.4, 0.5) is 0 Å². The summed E-state index contributed by atoms with van der Waals surface area (Å²) in [6.45, 7) is 0.416. The molecule has 0 saturated carbocycles. The van der Waals surface area contributed by atoms with Crippen LogP contribution in [-0.4, -0.2) is 46.8 Å². The second-order valence-corrected chi connectivity index (χ2v) is 8.08. The predicted octanol–water partition coefficient (Wildman–Crippen LogP) is 4.07. The first-order valence-corrected chi connectivity index (χ1v) is 11.2. The van der Waals surface area contributed by atoms with E-state index >= 15 is 0 Å². The third-order valence-electron chi connectivity index (χ3n) is 4.77. The lowest BCUT2D eigenvalue weighted by atomic mass is 10.1. The van der Waals surface area contributed by atoms with E-state index in [1.807, 2.05) is 54.6 Å². The van der Waals surface area contributed by atoms with Crippen molar-refractivity contribution < 1.29 is 19.1 Å². The summed E-state index contributed by atoms with van der Waals surface area (Å²) in [5.41, 5.74) is 2.80. The van der Waals surface area contributed by atoms with Gasteiger partial charge >= 0.3 is 5.97 Å². The van der Waals surface area contributed by atoms with Crippen molar-refractivity contribution in [3.05, 3.63) is 78.9 Å². The topological polar surface area (TPSA) is 132 Å². The number of nitrogens with zero attached hydrogens (tertiary/aromatic N) is 5. The Hall–Kier alpha value is -4.38. The number of carboxylic acid groups (broad SMARTS) is 1. The van der Waals surface area contributed by atoms with Crippen molar-refractivity contribution in [1.29, 1.82) is 0 Å². The molecule has 34 heavy (non-hydrogen) atoms. The fourth-order valence-electron chi connectivity index (χ4n) is 3.16. The van der Waals surface area contributed by atoms with Gasteiger partial charge in [-0.2, -0.15) is 10.1 Å². The van der Waals surface area contributed by atoms with Gasteiger partial charge in [0.2, 0.25) is 5.16 Å². The molecule has 0 unspecified atom stereocenters. The first kappa shape index (κ1) is 21.5. The van der Waals surface area contributed by atoms with E-state index in [9.17, 15) is 4.79 Å². The van der Waals surface area contributed by atoms with Crippen LogP contribution in [0, 0.1) is 0 Å². The molecule has 3 heterocycles. The van der Waals surface area contributed by atoms with E-state index in [2.05, 4.69) is 25.3 Å². The molecule has 170 valence electrons. The number of hydrogen-bond donors (Lipinski definition) is 2. The van der Waals surface area contributed by atoms with Crippen molar-refractivity contribution in [2.24, 2.45) is 0 Å². The van der Waals surface area contributed by atoms with Crippen LogP contribution in [0.3, 0.4) is 0 Å². The first-order chi connectivity index (χ1) is 16.6. The lowest BCUT2D eigenvalue weighted by Crippen LogP contribution is -1.98. The Morgan fingerprint density at radius 3 is 2.76 bits per heavy atom. The van der Waals surface area contributed by atoms with E-state index in [1.165, 1.54) is 6.33 Å². The molecule has 0 aliphatic carbocycles. The quantitative estimate of drug-likeness (QED) is 0.303. The number of nitrogens with one attached hydrogen (secondary N) is 1. The maximum Gasteiger partial charge on any atom is 0.313 e. The van der Waals surface area contributed by atoms with Crippen molar-refractivity contribution in [3.8, 4) is 34.3 Å². The van der Waals surface area contributed by atoms with Crippen molar-refractivity contribution in [3.63, 3.8) is 0 Å². The molecular weight excluding hydrogens is 456 g/mol. The SMILES string of the molecule is O=C(O)CSc1n[nH]c(-c2ccc(-c3cccc(OCc4ccc(-n5cncn5)cc4)c3)o2)n1. The van der Waals surface area contributed by atoms with Crippen LogP contribution in [0.25, 0.3) is 28.6 Å². The van der Waals surface area contributed by atoms with Crippen LogP contribution in [-0.2, 0) is 11.4 Å². The molecule has 5 rings (SSSR count). The number of carboxylic acids is 1. The van der Waals surface area contributed by atoms with Gasteiger partial charge in [0.15, 0.2) is 11.6 Å². The molecule has 0 radical (unpaired) electrons. The number of carbonyl (C=O) groups is 1. The zero-order valence-electron chi connectivity index (χ0n) is 17.7. The summed E-state index contributed by atoms with van der Waals surface area (Å²) in [4.78, 5) is 18.9. The smallest absolute Gasteiger partial charge is 0.313 e. The average molecular weight is 475 g/mol. The molecule has 2 N–H and O–H groups in total. The minimum Gasteiger partial charge on any atom is -0.489 e. The highest BCUT2D eigenvalue weighted by Gasteiger charge is 2.13. The van der Waals surface area contributed by atoms with Crippen molar-refractivity contribution in [2.75, 3.05) is 5.75 Å². The van der Waals surface area contributed by atoms with Gasteiger partial charge in [-0.05, 0) is 42.0 Å². The maximum absolute atomic E-state index is 10.7. The molecule has 2 aromatic carbocycles. The van der Waals surface area contributed by atoms with Crippen molar-refractivity contribution in [2.45, 2.75) is 11.8 Å². The van der Waals surface area contributed by atoms with Gasteiger partial charge in [-0.15, -0.1) is 5.10 Å². The lowest BCUT2D eigenvalue weighted by molar-refractivity contribution is -0.133. The highest BCUT2D eigenvalue weighted by atomic mass is 32.2. The molecule has 10 nitrogen and oxygen atoms in total. The van der Waals surface area contributed by atoms with E-state index in [-0.39, 0.29) is 5.75 Å². The monoisotopic (exact) mass is 474 g/mol. The number of aromatic amines is 1. The predicted molar refractivity (Wildman–Crippen MR) is 124 cm³/mol. The minimum atomic E-state index is -0.928. The molecule has 0 aliphatic rings. The number of furan rings is 1. The molecule has 0 fully saturated rings. The molecule has 0 bridgehead atoms. The van der Waals surface area contributed by atoms with Gasteiger partial charge in [0.1, 0.15) is 30.8 Å². The Labute approximate surface area is 197 Å². The Morgan fingerprint density at radius 1 is 1.12 bits per heavy atom. The molecular formula is C23H18N6O4S. The van der Waals surface area contributed by atoms with Gasteiger partial charge in [0.05, 0.1) is 11.4 Å². The van der Waals surface area contributed by atoms with Crippen LogP contribution in [0.5, 0.6) is 5.75 Å². The molecule has 5 aromatic rings. The summed E-state index contributed by atoms with van der Waals surface area (Å²) >= 11 is 1.03. The van der Waals surface area contributed by atoms with Crippen LogP contribution in [0.1, 0.15) is 5.56 Å². The van der Waals surface area contributed by atoms with Gasteiger partial charge in [-0.1, -0.05) is 36.0 Å². The lowest BCUT2D eigenvalue weighted by Gasteiger charge is -2.08. The first-order valence-electron chi connectivity index (χ1n) is 10.2. The summed E-state index contributed by atoms with van der Waals surface area (Å²) < 4.78 is 13.6. The van der Waals surface area contributed by atoms with E-state index < -0.39 is 5.97 Å². The number of benzene rings is 2. The number of thioether (sulfide) groups is 1. The molecule has 0 spiro atoms. The minimum absolute atomic E-state index is 0.112. The summed E-state index contributed by atoms with van der Waals surface area (Å²) in [7, 11) is 0. The third-order valence-corrected chi connectivity index (χ3v) is 5.60. The van der Waals surface area contributed by atoms with E-state index in [4.69, 9.17) is 14.3 Å². The van der Waals surface area contributed by atoms with Crippen LogP contribution >= 0.6 is 11.8 Å². The van der Waals surface area contributed by atoms with E-state index in [0.717, 1.165) is 28.6 Å². The van der Waals surface area contributed by atoms with Crippen LogP contribution < -0.4 is 4.74 Å². The van der Waals surface area contributed by atoms with Crippen LogP contribution in [0.2, 0.25) is 0 Å². The van der Waals surface area contributed by atoms with Gasteiger partial charge < -0.3 is 14.3 Å². The third kappa shape index (κ3) is 4.99. The average Bonchev–Trinajstić information content (AvgIpc) is 3.63. The Morgan fingerprint density at radius 2 is 1.97 bits per heavy atom. The number of ether oxygens (including phenoxy) is 1. The highest BCUT2D eigenvalue weighted by Crippen LogP contribution is 2.30. The fraction of sp³-hybridized carbons (Fsp3) is 0.0870. The van der Waals surface area contributed by atoms with Gasteiger partial charge in [0, 0.05) is 5.56 Å². The number of aliphatic carboxylic acids is 1. The molecule has 0 aliphatic heterocycles. The Balaban J connectivity index is 1.24. The number of aromatic nitrogens is 6. The van der Waals surface area contributed by atoms with Gasteiger partial charge in [0.25, 0.3) is 0 Å². The molecule has 3 aromatic heterocycles. The molecule has 11 heteroatoms. The van der Waals surface area contributed by atoms with Crippen LogP contribution in [0.15, 0.2) is 82.9 Å². The standard InChI is InChI=1S/C23H18N6O4S/c30-21(31)12-34-23-26-22(27-28-23)20-9-8-19(33-20)16-2-1-3-18(10-16)32-11-15-4-6-17(7-5-15)29-14-24-13-25-29/h1-10,13-14H,11-12H2,(H,30,31)(H,26,27,28). The number of H-pyrrole nitrogens is 1. The largest absolute Gasteiger partial charge is 0.489 e. The summed E-state index contributed by atoms with van der Waals surface area (Å²) in [5, 5.41) is 20.0. The second kappa shape index (κ2) is 9.63. The second-order valence-electron chi connectivity index (χ2n) is 7.14. The molecule has 0 amide bonds. The Kier molecular flexibility index (Phi) is 6.08. The van der Waals surface area contributed by atoms with E-state index in [1.54, 1.807) is 17.1 Å². The zero-order chi connectivity index (χ0) is 23.3. The summed E-state index contributed by atoms with van der Waals surface area (Å²) in [5.74, 6) is 1.25. The maximum atomic E-state index is 10.7. The fourth-order valence-corrected chi connectivity index (χ4v) is 3.68. The van der Waals surface area contributed by atoms with Gasteiger partial charge in [-0.3, -0.25) is 9.89 Å². The highest BCUT2D eigenvalue weighted by molar-refractivity contribution is 7.99. The number of hydrogen-bond acceptors (Lipinski definition) is 8. The Bertz CT molecular complexity index is 1400. The molecule has 0 saturated heterocycles.